The van der Waals surface area contributed by atoms with Gasteiger partial charge < -0.3 is 10.4 Å². The fourth-order valence-electron chi connectivity index (χ4n) is 2.08. The average Bonchev–Trinajstić information content (AvgIpc) is 3.09. The van der Waals surface area contributed by atoms with Gasteiger partial charge in [-0.1, -0.05) is 45.0 Å². The fraction of sp³-hybridized carbons (Fsp3) is 0.625. The van der Waals surface area contributed by atoms with Gasteiger partial charge in [-0.05, 0) is 35.8 Å². The van der Waals surface area contributed by atoms with Crippen LogP contribution in [0.15, 0.2) is 24.3 Å². The van der Waals surface area contributed by atoms with Gasteiger partial charge in [0.05, 0.1) is 6.10 Å². The quantitative estimate of drug-likeness (QED) is 0.838. The third-order valence-electron chi connectivity index (χ3n) is 3.51. The first kappa shape index (κ1) is 13.6. The summed E-state index contributed by atoms with van der Waals surface area (Å²) in [5, 5.41) is 13.3. The number of hydrogen-bond acceptors (Lipinski definition) is 2. The van der Waals surface area contributed by atoms with Gasteiger partial charge >= 0.3 is 0 Å². The molecule has 1 atom stereocenters. The second kappa shape index (κ2) is 5.41. The van der Waals surface area contributed by atoms with E-state index in [-0.39, 0.29) is 11.5 Å². The Morgan fingerprint density at radius 3 is 2.33 bits per heavy atom. The van der Waals surface area contributed by atoms with Gasteiger partial charge in [0.15, 0.2) is 0 Å². The first-order valence-corrected chi connectivity index (χ1v) is 6.96. The predicted molar refractivity (Wildman–Crippen MR) is 75.9 cm³/mol. The van der Waals surface area contributed by atoms with E-state index >= 15 is 0 Å². The predicted octanol–water partition coefficient (Wildman–Crippen LogP) is 2.64. The largest absolute Gasteiger partial charge is 0.391 e. The van der Waals surface area contributed by atoms with Gasteiger partial charge in [0.1, 0.15) is 0 Å². The molecule has 1 fully saturated rings. The summed E-state index contributed by atoms with van der Waals surface area (Å²) in [6, 6.07) is 9.30. The van der Waals surface area contributed by atoms with Crippen LogP contribution >= 0.6 is 0 Å². The number of nitrogens with one attached hydrogen (secondary N) is 1. The molecule has 1 aliphatic rings. The van der Waals surface area contributed by atoms with Crippen molar-refractivity contribution in [2.24, 2.45) is 0 Å². The molecule has 1 saturated carbocycles. The molecule has 1 aromatic carbocycles. The molecule has 0 aromatic heterocycles. The molecule has 2 nitrogen and oxygen atoms in total. The molecule has 0 spiro atoms. The van der Waals surface area contributed by atoms with E-state index in [9.17, 15) is 5.11 Å². The molecule has 0 amide bonds. The van der Waals surface area contributed by atoms with Gasteiger partial charge in [0.25, 0.3) is 0 Å². The summed E-state index contributed by atoms with van der Waals surface area (Å²) in [6.07, 6.45) is 3.01. The van der Waals surface area contributed by atoms with Crippen molar-refractivity contribution in [1.29, 1.82) is 0 Å². The van der Waals surface area contributed by atoms with Crippen LogP contribution in [-0.4, -0.2) is 23.8 Å². The van der Waals surface area contributed by atoms with Crippen molar-refractivity contribution in [2.45, 2.75) is 57.6 Å². The number of benzene rings is 1. The zero-order valence-electron chi connectivity index (χ0n) is 11.7. The summed E-state index contributed by atoms with van der Waals surface area (Å²) in [5.74, 6) is 0. The van der Waals surface area contributed by atoms with Crippen LogP contribution in [0.3, 0.4) is 0 Å². The van der Waals surface area contributed by atoms with Gasteiger partial charge in [-0.25, -0.2) is 0 Å². The second-order valence-electron chi connectivity index (χ2n) is 6.49. The summed E-state index contributed by atoms with van der Waals surface area (Å²) in [6.45, 7) is 7.37. The lowest BCUT2D eigenvalue weighted by Gasteiger charge is -2.19. The fourth-order valence-corrected chi connectivity index (χ4v) is 2.08. The summed E-state index contributed by atoms with van der Waals surface area (Å²) >= 11 is 0. The molecule has 0 bridgehead atoms. The van der Waals surface area contributed by atoms with Crippen LogP contribution in [0.4, 0.5) is 0 Å². The van der Waals surface area contributed by atoms with Gasteiger partial charge in [0, 0.05) is 12.6 Å². The summed E-state index contributed by atoms with van der Waals surface area (Å²) in [4.78, 5) is 0. The highest BCUT2D eigenvalue weighted by Gasteiger charge is 2.21. The van der Waals surface area contributed by atoms with Crippen molar-refractivity contribution in [3.8, 4) is 0 Å². The van der Waals surface area contributed by atoms with Crippen molar-refractivity contribution in [3.63, 3.8) is 0 Å². The first-order valence-electron chi connectivity index (χ1n) is 6.96. The monoisotopic (exact) mass is 247 g/mol. The van der Waals surface area contributed by atoms with Crippen molar-refractivity contribution in [2.75, 3.05) is 6.54 Å². The normalized spacial score (nSPS) is 17.8. The van der Waals surface area contributed by atoms with E-state index in [2.05, 4.69) is 50.4 Å². The first-order chi connectivity index (χ1) is 8.45. The van der Waals surface area contributed by atoms with E-state index in [4.69, 9.17) is 0 Å². The number of rotatable bonds is 5. The molecule has 100 valence electrons. The number of aliphatic hydroxyl groups excluding tert-OH is 1. The average molecular weight is 247 g/mol. The molecule has 2 N–H and O–H groups in total. The molecule has 0 radical (unpaired) electrons. The molecular formula is C16H25NO. The van der Waals surface area contributed by atoms with Crippen molar-refractivity contribution in [3.05, 3.63) is 35.4 Å². The molecule has 1 aromatic rings. The lowest BCUT2D eigenvalue weighted by Crippen LogP contribution is -2.29. The summed E-state index contributed by atoms with van der Waals surface area (Å²) in [7, 11) is 0. The zero-order valence-corrected chi connectivity index (χ0v) is 11.7. The van der Waals surface area contributed by atoms with Gasteiger partial charge in [-0.2, -0.15) is 0 Å². The third kappa shape index (κ3) is 4.11. The lowest BCUT2D eigenvalue weighted by molar-refractivity contribution is 0.171. The van der Waals surface area contributed by atoms with E-state index in [0.29, 0.717) is 12.6 Å². The molecule has 2 rings (SSSR count). The van der Waals surface area contributed by atoms with E-state index < -0.39 is 0 Å². The molecule has 0 saturated heterocycles. The van der Waals surface area contributed by atoms with Gasteiger partial charge in [0.2, 0.25) is 0 Å². The highest BCUT2D eigenvalue weighted by atomic mass is 16.3. The Balaban J connectivity index is 1.84. The minimum atomic E-state index is -0.272. The van der Waals surface area contributed by atoms with Crippen LogP contribution < -0.4 is 5.32 Å². The lowest BCUT2D eigenvalue weighted by atomic mass is 9.86. The Labute approximate surface area is 110 Å². The third-order valence-corrected chi connectivity index (χ3v) is 3.51. The highest BCUT2D eigenvalue weighted by molar-refractivity contribution is 5.27. The minimum absolute atomic E-state index is 0.199. The van der Waals surface area contributed by atoms with Crippen LogP contribution in [0.1, 0.15) is 44.7 Å². The van der Waals surface area contributed by atoms with E-state index in [0.717, 1.165) is 6.42 Å². The molecule has 2 heteroatoms. The Morgan fingerprint density at radius 2 is 1.83 bits per heavy atom. The second-order valence-corrected chi connectivity index (χ2v) is 6.49. The van der Waals surface area contributed by atoms with Crippen molar-refractivity contribution in [1.82, 2.24) is 5.32 Å². The molecular weight excluding hydrogens is 222 g/mol. The van der Waals surface area contributed by atoms with E-state index in [1.807, 2.05) is 0 Å². The Morgan fingerprint density at radius 1 is 1.22 bits per heavy atom. The summed E-state index contributed by atoms with van der Waals surface area (Å²) < 4.78 is 0. The SMILES string of the molecule is CC(C)(C)c1ccc(CC(O)CNC2CC2)cc1. The van der Waals surface area contributed by atoms with E-state index in [1.54, 1.807) is 0 Å². The van der Waals surface area contributed by atoms with Crippen LogP contribution in [0.25, 0.3) is 0 Å². The molecule has 1 unspecified atom stereocenters. The minimum Gasteiger partial charge on any atom is -0.391 e. The maximum atomic E-state index is 9.95. The Hall–Kier alpha value is -0.860. The van der Waals surface area contributed by atoms with Gasteiger partial charge in [-0.3, -0.25) is 0 Å². The van der Waals surface area contributed by atoms with Crippen LogP contribution in [0, 0.1) is 0 Å². The van der Waals surface area contributed by atoms with Gasteiger partial charge in [-0.15, -0.1) is 0 Å². The summed E-state index contributed by atoms with van der Waals surface area (Å²) in [5.41, 5.74) is 2.76. The molecule has 18 heavy (non-hydrogen) atoms. The number of aliphatic hydroxyl groups is 1. The molecule has 0 aliphatic heterocycles. The molecule has 0 heterocycles. The van der Waals surface area contributed by atoms with Crippen LogP contribution in [0.2, 0.25) is 0 Å². The molecule has 1 aliphatic carbocycles. The maximum Gasteiger partial charge on any atom is 0.0704 e. The zero-order chi connectivity index (χ0) is 13.2. The van der Waals surface area contributed by atoms with E-state index in [1.165, 1.54) is 24.0 Å². The smallest absolute Gasteiger partial charge is 0.0704 e. The standard InChI is InChI=1S/C16H25NO/c1-16(2,3)13-6-4-12(5-7-13)10-15(18)11-17-14-8-9-14/h4-7,14-15,17-18H,8-11H2,1-3H3. The Kier molecular flexibility index (Phi) is 4.08. The van der Waals surface area contributed by atoms with Crippen LogP contribution in [0.5, 0.6) is 0 Å². The topological polar surface area (TPSA) is 32.3 Å². The van der Waals surface area contributed by atoms with Crippen LogP contribution in [-0.2, 0) is 11.8 Å². The number of hydrogen-bond donors (Lipinski definition) is 2. The highest BCUT2D eigenvalue weighted by Crippen LogP contribution is 2.22. The Bertz CT molecular complexity index is 373. The van der Waals surface area contributed by atoms with Crippen molar-refractivity contribution < 1.29 is 5.11 Å². The van der Waals surface area contributed by atoms with Crippen molar-refractivity contribution >= 4 is 0 Å². The maximum absolute atomic E-state index is 9.95.